The number of nitrogens with one attached hydrogen (secondary N) is 2. The van der Waals surface area contributed by atoms with Gasteiger partial charge in [0.15, 0.2) is 40.1 Å². The number of imidazole rings is 1. The lowest BCUT2D eigenvalue weighted by Gasteiger charge is -2.30. The Morgan fingerprint density at radius 3 is 2.39 bits per heavy atom. The van der Waals surface area contributed by atoms with Crippen LogP contribution in [-0.2, 0) is 50.7 Å². The van der Waals surface area contributed by atoms with Gasteiger partial charge in [0.2, 0.25) is 17.7 Å². The van der Waals surface area contributed by atoms with Gasteiger partial charge < -0.3 is 50.9 Å². The maximum absolute atomic E-state index is 12.6. The highest BCUT2D eigenvalue weighted by molar-refractivity contribution is 8.13. The van der Waals surface area contributed by atoms with E-state index in [9.17, 15) is 57.9 Å². The number of thioether (sulfide) groups is 1. The second kappa shape index (κ2) is 17.2. The number of ether oxygens (including phenoxy) is 1. The molecule has 3 heterocycles. The van der Waals surface area contributed by atoms with E-state index in [0.717, 1.165) is 29.0 Å². The summed E-state index contributed by atoms with van der Waals surface area (Å²) in [6, 6.07) is 0. The average Bonchev–Trinajstić information content (AvgIpc) is 3.57. The average molecular weight is 808 g/mol. The summed E-state index contributed by atoms with van der Waals surface area (Å²) in [7, 11) is -16.4. The molecular weight excluding hydrogens is 771 g/mol. The highest BCUT2D eigenvalue weighted by Crippen LogP contribution is 2.61. The second-order valence-electron chi connectivity index (χ2n) is 11.1. The van der Waals surface area contributed by atoms with E-state index in [1.807, 2.05) is 0 Å². The van der Waals surface area contributed by atoms with Crippen molar-refractivity contribution in [1.82, 2.24) is 30.2 Å². The van der Waals surface area contributed by atoms with Crippen molar-refractivity contribution in [3.63, 3.8) is 0 Å². The Balaban J connectivity index is 1.56. The monoisotopic (exact) mass is 807 g/mol. The molecule has 2 unspecified atom stereocenters. The number of hydrogen-bond acceptors (Lipinski definition) is 18. The van der Waals surface area contributed by atoms with E-state index < -0.39 is 83.9 Å². The molecule has 2 aromatic rings. The Morgan fingerprint density at radius 2 is 1.75 bits per heavy atom. The van der Waals surface area contributed by atoms with Crippen LogP contribution in [0.25, 0.3) is 17.0 Å². The van der Waals surface area contributed by atoms with Crippen molar-refractivity contribution in [3.8, 4) is 0 Å². The summed E-state index contributed by atoms with van der Waals surface area (Å²) >= 11 is 1.02. The van der Waals surface area contributed by atoms with Crippen LogP contribution in [0, 0.1) is 5.41 Å². The molecule has 0 radical (unpaired) electrons. The quantitative estimate of drug-likeness (QED) is 0.0638. The maximum atomic E-state index is 12.6. The third-order valence-electron chi connectivity index (χ3n) is 6.50. The zero-order valence-corrected chi connectivity index (χ0v) is 30.4. The Bertz CT molecular complexity index is 1790. The van der Waals surface area contributed by atoms with Gasteiger partial charge in [0.25, 0.3) is 0 Å². The van der Waals surface area contributed by atoms with Gasteiger partial charge in [-0.1, -0.05) is 25.6 Å². The van der Waals surface area contributed by atoms with Crippen molar-refractivity contribution in [1.29, 1.82) is 0 Å². The molecule has 10 N–H and O–H groups in total. The number of phosphoric acid groups is 3. The number of anilines is 1. The first kappa shape index (κ1) is 42.4. The van der Waals surface area contributed by atoms with Crippen LogP contribution in [0.3, 0.4) is 0 Å². The van der Waals surface area contributed by atoms with Crippen molar-refractivity contribution < 1.29 is 80.5 Å². The van der Waals surface area contributed by atoms with Gasteiger partial charge in [-0.25, -0.2) is 33.2 Å². The molecular formula is C23H36N7O17P3S. The van der Waals surface area contributed by atoms with Crippen molar-refractivity contribution in [2.45, 2.75) is 45.5 Å². The lowest BCUT2D eigenvalue weighted by molar-refractivity contribution is -0.137. The van der Waals surface area contributed by atoms with Gasteiger partial charge in [-0.05, 0) is 0 Å². The fourth-order valence-electron chi connectivity index (χ4n) is 4.03. The van der Waals surface area contributed by atoms with Crippen LogP contribution in [0.1, 0.15) is 27.2 Å². The number of amides is 2. The van der Waals surface area contributed by atoms with E-state index in [1.54, 1.807) is 0 Å². The Labute approximate surface area is 292 Å². The number of aliphatic hydroxyl groups is 2. The molecule has 3 rings (SSSR count). The van der Waals surface area contributed by atoms with Gasteiger partial charge in [0.05, 0.1) is 13.2 Å². The number of nitrogens with zero attached hydrogens (tertiary/aromatic N) is 4. The van der Waals surface area contributed by atoms with Gasteiger partial charge in [-0.2, -0.15) is 4.31 Å². The predicted molar refractivity (Wildman–Crippen MR) is 174 cm³/mol. The number of carbonyl (C=O) groups is 3. The molecule has 0 saturated heterocycles. The first-order chi connectivity index (χ1) is 23.5. The molecule has 0 aliphatic carbocycles. The summed E-state index contributed by atoms with van der Waals surface area (Å²) in [5.41, 5.74) is 4.15. The smallest absolute Gasteiger partial charge is 0.481 e. The van der Waals surface area contributed by atoms with E-state index >= 15 is 0 Å². The fraction of sp³-hybridized carbons (Fsp3) is 0.565. The Kier molecular flexibility index (Phi) is 14.3. The summed E-state index contributed by atoms with van der Waals surface area (Å²) in [5.74, 6) is -2.61. The van der Waals surface area contributed by atoms with Crippen LogP contribution >= 0.6 is 35.2 Å². The van der Waals surface area contributed by atoms with Crippen LogP contribution in [0.4, 0.5) is 5.82 Å². The van der Waals surface area contributed by atoms with E-state index in [2.05, 4.69) is 38.9 Å². The number of carbonyl (C=O) groups excluding carboxylic acids is 3. The zero-order chi connectivity index (χ0) is 38.4. The number of nitrogens with two attached hydrogens (primary N) is 1. The van der Waals surface area contributed by atoms with Gasteiger partial charge in [0.1, 0.15) is 18.8 Å². The number of hydrogen-bond donors (Lipinski definition) is 9. The summed E-state index contributed by atoms with van der Waals surface area (Å²) in [4.78, 5) is 85.8. The molecule has 1 aliphatic rings. The van der Waals surface area contributed by atoms with Crippen LogP contribution < -0.4 is 16.4 Å². The second-order valence-corrected chi connectivity index (χ2v) is 16.6. The molecule has 0 spiro atoms. The summed E-state index contributed by atoms with van der Waals surface area (Å²) in [5, 5.41) is 25.9. The minimum Gasteiger partial charge on any atom is -0.505 e. The minimum atomic E-state index is -5.58. The van der Waals surface area contributed by atoms with E-state index in [-0.39, 0.29) is 41.6 Å². The Morgan fingerprint density at radius 1 is 1.08 bits per heavy atom. The standard InChI is InChI=1S/C23H36N7O17P3S/c1-12(31)51-7-6-25-14(32)4-5-26-21(35)18(34)23(2,3)9-44-50(41,42)47-49(39,40)43-8-13-17(46-48(36,37)38)16(33)22(45-13)30-11-29-15-19(24)27-10-28-20(15)30/h10-11,13,17-18,33-34H,4-9H2,1-3H3,(H,25,32)(H,26,35)(H,39,40)(H,41,42)(H2,24,27,28)(H2,36,37,38)/t13-,17-,18+/m1/s1. The molecule has 0 saturated carbocycles. The molecule has 2 amide bonds. The Hall–Kier alpha value is -3.02. The van der Waals surface area contributed by atoms with Crippen LogP contribution in [0.5, 0.6) is 0 Å². The third-order valence-corrected chi connectivity index (χ3v) is 10.4. The molecule has 1 aliphatic heterocycles. The number of nitrogen functional groups attached to an aromatic ring is 1. The number of rotatable bonds is 19. The SMILES string of the molecule is CC(=O)SCCNC(=O)CCNC(=O)[C@H](O)C(C)(C)COP(=O)(O)OP(=O)(O)OC[C@H]1OC(n2cnc3c(N)ncnc32)=C(O)[C@@H]1OP(=O)(O)O. The van der Waals surface area contributed by atoms with E-state index in [4.69, 9.17) is 15.0 Å². The number of aliphatic hydroxyl groups excluding tert-OH is 2. The normalized spacial score (nSPS) is 19.6. The van der Waals surface area contributed by atoms with Gasteiger partial charge in [-0.3, -0.25) is 28.0 Å². The maximum Gasteiger partial charge on any atom is 0.481 e. The van der Waals surface area contributed by atoms with E-state index in [1.165, 1.54) is 20.8 Å². The lowest BCUT2D eigenvalue weighted by atomic mass is 9.87. The topological polar surface area (TPSA) is 364 Å². The van der Waals surface area contributed by atoms with Gasteiger partial charge in [0, 0.05) is 37.6 Å². The summed E-state index contributed by atoms with van der Waals surface area (Å²) < 4.78 is 61.4. The fourth-order valence-corrected chi connectivity index (χ4v) is 7.30. The number of aromatic nitrogens is 4. The number of phosphoric ester groups is 3. The van der Waals surface area contributed by atoms with Crippen molar-refractivity contribution in [2.24, 2.45) is 5.41 Å². The lowest BCUT2D eigenvalue weighted by Crippen LogP contribution is -2.46. The van der Waals surface area contributed by atoms with Crippen molar-refractivity contribution >= 4 is 75.0 Å². The summed E-state index contributed by atoms with van der Waals surface area (Å²) in [6.45, 7) is 1.84. The van der Waals surface area contributed by atoms with Crippen LogP contribution in [0.15, 0.2) is 18.4 Å². The molecule has 24 nitrogen and oxygen atoms in total. The molecule has 286 valence electrons. The van der Waals surface area contributed by atoms with Gasteiger partial charge >= 0.3 is 23.5 Å². The van der Waals surface area contributed by atoms with Crippen molar-refractivity contribution in [2.75, 3.05) is 37.8 Å². The first-order valence-corrected chi connectivity index (χ1v) is 19.8. The number of fused-ring (bicyclic) bond motifs is 1. The molecule has 51 heavy (non-hydrogen) atoms. The zero-order valence-electron chi connectivity index (χ0n) is 26.9. The largest absolute Gasteiger partial charge is 0.505 e. The highest BCUT2D eigenvalue weighted by Gasteiger charge is 2.46. The molecule has 5 atom stereocenters. The van der Waals surface area contributed by atoms with Crippen LogP contribution in [-0.4, -0.2) is 117 Å². The minimum absolute atomic E-state index is 0.0269. The molecule has 0 bridgehead atoms. The summed E-state index contributed by atoms with van der Waals surface area (Å²) in [6.07, 6.45) is -3.76. The van der Waals surface area contributed by atoms with Crippen LogP contribution in [0.2, 0.25) is 0 Å². The van der Waals surface area contributed by atoms with Gasteiger partial charge in [-0.15, -0.1) is 0 Å². The van der Waals surface area contributed by atoms with E-state index in [0.29, 0.717) is 5.75 Å². The third kappa shape index (κ3) is 12.6. The predicted octanol–water partition coefficient (Wildman–Crippen LogP) is -0.491. The molecule has 2 aromatic heterocycles. The first-order valence-electron chi connectivity index (χ1n) is 14.3. The van der Waals surface area contributed by atoms with Crippen molar-refractivity contribution in [3.05, 3.63) is 18.4 Å². The molecule has 28 heteroatoms. The molecule has 0 aromatic carbocycles. The molecule has 0 fully saturated rings. The highest BCUT2D eigenvalue weighted by atomic mass is 32.2.